The van der Waals surface area contributed by atoms with E-state index in [1.165, 1.54) is 18.2 Å². The van der Waals surface area contributed by atoms with Crippen molar-refractivity contribution in [2.45, 2.75) is 30.3 Å². The van der Waals surface area contributed by atoms with E-state index in [4.69, 9.17) is 0 Å². The molecule has 4 rings (SSSR count). The smallest absolute Gasteiger partial charge is 0.299 e. The van der Waals surface area contributed by atoms with Crippen molar-refractivity contribution in [2.75, 3.05) is 10.8 Å². The minimum atomic E-state index is -4.60. The van der Waals surface area contributed by atoms with E-state index < -0.39 is 27.7 Å². The van der Waals surface area contributed by atoms with Gasteiger partial charge in [0.1, 0.15) is 5.78 Å². The lowest BCUT2D eigenvalue weighted by Crippen LogP contribution is -2.49. The lowest BCUT2D eigenvalue weighted by atomic mass is 9.66. The highest BCUT2D eigenvalue weighted by Crippen LogP contribution is 2.50. The average Bonchev–Trinajstić information content (AvgIpc) is 2.58. The first kappa shape index (κ1) is 18.0. The molecule has 1 fully saturated rings. The Kier molecular flexibility index (Phi) is 3.89. The van der Waals surface area contributed by atoms with Gasteiger partial charge in [-0.1, -0.05) is 23.8 Å². The summed E-state index contributed by atoms with van der Waals surface area (Å²) in [4.78, 5) is 12.0. The highest BCUT2D eigenvalue weighted by Gasteiger charge is 2.49. The Balaban J connectivity index is 1.87. The summed E-state index contributed by atoms with van der Waals surface area (Å²) in [7, 11) is -4.04. The molecule has 27 heavy (non-hydrogen) atoms. The maximum atomic E-state index is 13.2. The number of rotatable bonds is 2. The number of carbonyl (C=O) groups excluding carboxylic acids is 1. The van der Waals surface area contributed by atoms with E-state index >= 15 is 0 Å². The molecule has 4 nitrogen and oxygen atoms in total. The maximum Gasteiger partial charge on any atom is 0.416 e. The van der Waals surface area contributed by atoms with Crippen LogP contribution in [0.15, 0.2) is 47.4 Å². The molecule has 1 heterocycles. The van der Waals surface area contributed by atoms with Gasteiger partial charge in [0.15, 0.2) is 0 Å². The van der Waals surface area contributed by atoms with Crippen molar-refractivity contribution in [3.63, 3.8) is 0 Å². The molecule has 0 saturated heterocycles. The van der Waals surface area contributed by atoms with Gasteiger partial charge in [-0.25, -0.2) is 8.42 Å². The van der Waals surface area contributed by atoms with Crippen LogP contribution in [0.25, 0.3) is 0 Å². The van der Waals surface area contributed by atoms with Gasteiger partial charge in [0.05, 0.1) is 16.1 Å². The van der Waals surface area contributed by atoms with Gasteiger partial charge in [0.2, 0.25) is 0 Å². The second kappa shape index (κ2) is 5.82. The van der Waals surface area contributed by atoms with Gasteiger partial charge in [-0.3, -0.25) is 9.10 Å². The van der Waals surface area contributed by atoms with Crippen LogP contribution in [0, 0.1) is 12.8 Å². The van der Waals surface area contributed by atoms with E-state index in [0.717, 1.165) is 22.0 Å². The summed E-state index contributed by atoms with van der Waals surface area (Å²) in [6, 6.07) is 9.14. The molecule has 1 aliphatic heterocycles. The van der Waals surface area contributed by atoms with E-state index in [2.05, 4.69) is 0 Å². The molecule has 0 bridgehead atoms. The number of hydrogen-bond donors (Lipinski definition) is 0. The average molecular weight is 395 g/mol. The molecule has 0 unspecified atom stereocenters. The van der Waals surface area contributed by atoms with Crippen molar-refractivity contribution in [3.8, 4) is 0 Å². The van der Waals surface area contributed by atoms with Crippen LogP contribution in [-0.2, 0) is 21.0 Å². The van der Waals surface area contributed by atoms with Crippen molar-refractivity contribution in [1.29, 1.82) is 0 Å². The summed E-state index contributed by atoms with van der Waals surface area (Å²) in [5, 5.41) is 0. The van der Waals surface area contributed by atoms with Gasteiger partial charge >= 0.3 is 6.18 Å². The van der Waals surface area contributed by atoms with Gasteiger partial charge in [0, 0.05) is 18.9 Å². The molecule has 8 heteroatoms. The number of halogens is 3. The number of fused-ring (bicyclic) bond motifs is 3. The standard InChI is InChI=1S/C19H16F3NO3S/c1-11-2-5-14(6-3-11)27(25,26)23-10-12-8-17(24)18(12)15-7-4-13(9-16(15)23)19(20,21)22/h2-7,9,12,18H,8,10H2,1H3/t12-,18-/m1/s1. The lowest BCUT2D eigenvalue weighted by molar-refractivity contribution is -0.137. The first-order valence-corrected chi connectivity index (χ1v) is 9.86. The number of nitrogens with zero attached hydrogens (tertiary/aromatic N) is 1. The number of anilines is 1. The van der Waals surface area contributed by atoms with Crippen LogP contribution < -0.4 is 4.31 Å². The quantitative estimate of drug-likeness (QED) is 0.775. The Morgan fingerprint density at radius 1 is 1.07 bits per heavy atom. The largest absolute Gasteiger partial charge is 0.416 e. The van der Waals surface area contributed by atoms with Gasteiger partial charge in [-0.05, 0) is 42.7 Å². The van der Waals surface area contributed by atoms with Crippen LogP contribution in [0.4, 0.5) is 18.9 Å². The zero-order valence-electron chi connectivity index (χ0n) is 14.3. The van der Waals surface area contributed by atoms with Gasteiger partial charge < -0.3 is 0 Å². The Bertz CT molecular complexity index is 1030. The van der Waals surface area contributed by atoms with Gasteiger partial charge in [-0.15, -0.1) is 0 Å². The topological polar surface area (TPSA) is 54.5 Å². The summed E-state index contributed by atoms with van der Waals surface area (Å²) < 4.78 is 66.8. The second-order valence-corrected chi connectivity index (χ2v) is 8.89. The van der Waals surface area contributed by atoms with Crippen molar-refractivity contribution in [2.24, 2.45) is 5.92 Å². The number of carbonyl (C=O) groups is 1. The lowest BCUT2D eigenvalue weighted by Gasteiger charge is -2.45. The number of Topliss-reactive ketones (excluding diaryl/α,β-unsaturated/α-hetero) is 1. The van der Waals surface area contributed by atoms with Crippen molar-refractivity contribution in [1.82, 2.24) is 0 Å². The monoisotopic (exact) mass is 395 g/mol. The predicted molar refractivity (Wildman–Crippen MR) is 93.0 cm³/mol. The Morgan fingerprint density at radius 2 is 1.74 bits per heavy atom. The highest BCUT2D eigenvalue weighted by atomic mass is 32.2. The predicted octanol–water partition coefficient (Wildman–Crippen LogP) is 3.90. The van der Waals surface area contributed by atoms with Crippen molar-refractivity contribution >= 4 is 21.5 Å². The van der Waals surface area contributed by atoms with Gasteiger partial charge in [-0.2, -0.15) is 13.2 Å². The highest BCUT2D eigenvalue weighted by molar-refractivity contribution is 7.92. The van der Waals surface area contributed by atoms with E-state index in [9.17, 15) is 26.4 Å². The molecule has 0 aromatic heterocycles. The number of benzene rings is 2. The van der Waals surface area contributed by atoms with Gasteiger partial charge in [0.25, 0.3) is 10.0 Å². The molecule has 2 aromatic rings. The van der Waals surface area contributed by atoms with Crippen LogP contribution in [0.5, 0.6) is 0 Å². The number of alkyl halides is 3. The zero-order valence-corrected chi connectivity index (χ0v) is 15.1. The normalized spacial score (nSPS) is 22.1. The van der Waals surface area contributed by atoms with Crippen molar-refractivity contribution < 1.29 is 26.4 Å². The van der Waals surface area contributed by atoms with E-state index in [1.807, 2.05) is 6.92 Å². The molecular weight excluding hydrogens is 379 g/mol. The van der Waals surface area contributed by atoms with E-state index in [0.29, 0.717) is 5.56 Å². The Hall–Kier alpha value is -2.35. The molecule has 0 N–H and O–H groups in total. The molecule has 0 spiro atoms. The van der Waals surface area contributed by atoms with Crippen LogP contribution in [0.3, 0.4) is 0 Å². The Morgan fingerprint density at radius 3 is 2.33 bits per heavy atom. The first-order valence-electron chi connectivity index (χ1n) is 8.42. The van der Waals surface area contributed by atoms with Crippen molar-refractivity contribution in [3.05, 3.63) is 59.2 Å². The molecule has 2 aliphatic rings. The van der Waals surface area contributed by atoms with E-state index in [1.54, 1.807) is 12.1 Å². The molecule has 0 amide bonds. The Labute approximate surface area is 154 Å². The molecule has 2 aromatic carbocycles. The molecular formula is C19H16F3NO3S. The maximum absolute atomic E-state index is 13.2. The SMILES string of the molecule is Cc1ccc(S(=O)(=O)N2C[C@H]3CC(=O)[C@H]3c3ccc(C(F)(F)F)cc32)cc1. The van der Waals surface area contributed by atoms with Crippen LogP contribution in [-0.4, -0.2) is 20.7 Å². The number of aryl methyl sites for hydroxylation is 1. The third-order valence-corrected chi connectivity index (χ3v) is 7.05. The summed E-state index contributed by atoms with van der Waals surface area (Å²) in [6.07, 6.45) is -4.36. The van der Waals surface area contributed by atoms with Crippen LogP contribution in [0.1, 0.15) is 29.0 Å². The fourth-order valence-corrected chi connectivity index (χ4v) is 5.32. The summed E-state index contributed by atoms with van der Waals surface area (Å²) in [5.74, 6) is -0.790. The third kappa shape index (κ3) is 2.82. The number of sulfonamides is 1. The first-order chi connectivity index (χ1) is 12.6. The summed E-state index contributed by atoms with van der Waals surface area (Å²) in [6.45, 7) is 1.81. The molecule has 1 saturated carbocycles. The molecule has 0 radical (unpaired) electrons. The molecule has 2 atom stereocenters. The third-order valence-electron chi connectivity index (χ3n) is 5.25. The molecule has 142 valence electrons. The number of ketones is 1. The minimum Gasteiger partial charge on any atom is -0.299 e. The summed E-state index contributed by atoms with van der Waals surface area (Å²) in [5.41, 5.74) is 0.235. The number of hydrogen-bond acceptors (Lipinski definition) is 3. The second-order valence-electron chi connectivity index (χ2n) is 7.03. The van der Waals surface area contributed by atoms with Crippen LogP contribution >= 0.6 is 0 Å². The minimum absolute atomic E-state index is 0.000920. The fourth-order valence-electron chi connectivity index (χ4n) is 3.78. The van der Waals surface area contributed by atoms with Crippen LogP contribution in [0.2, 0.25) is 0 Å². The molecule has 1 aliphatic carbocycles. The van der Waals surface area contributed by atoms with E-state index in [-0.39, 0.29) is 35.2 Å². The zero-order chi connectivity index (χ0) is 19.6. The summed E-state index contributed by atoms with van der Waals surface area (Å²) >= 11 is 0. The fraction of sp³-hybridized carbons (Fsp3) is 0.316.